The van der Waals surface area contributed by atoms with Crippen molar-refractivity contribution in [2.24, 2.45) is 0 Å². The van der Waals surface area contributed by atoms with Crippen molar-refractivity contribution in [3.63, 3.8) is 0 Å². The summed E-state index contributed by atoms with van der Waals surface area (Å²) in [5, 5.41) is 0. The molecular formula is C11H8F4O. The van der Waals surface area contributed by atoms with Gasteiger partial charge in [-0.3, -0.25) is 4.79 Å². The van der Waals surface area contributed by atoms with Crippen LogP contribution in [0.25, 0.3) is 0 Å². The molecule has 0 N–H and O–H groups in total. The van der Waals surface area contributed by atoms with E-state index in [4.69, 9.17) is 0 Å². The van der Waals surface area contributed by atoms with E-state index in [0.29, 0.717) is 12.8 Å². The van der Waals surface area contributed by atoms with E-state index in [1.54, 1.807) is 0 Å². The Morgan fingerprint density at radius 2 is 1.31 bits per heavy atom. The maximum absolute atomic E-state index is 13.4. The van der Waals surface area contributed by atoms with Crippen LogP contribution in [0.3, 0.4) is 0 Å². The maximum Gasteiger partial charge on any atom is 0.198 e. The molecule has 0 saturated carbocycles. The molecule has 5 heteroatoms. The molecule has 0 aromatic heterocycles. The van der Waals surface area contributed by atoms with E-state index in [0.717, 1.165) is 0 Å². The average molecular weight is 232 g/mol. The first-order valence-electron chi connectivity index (χ1n) is 4.92. The van der Waals surface area contributed by atoms with Crippen LogP contribution in [0.2, 0.25) is 0 Å². The van der Waals surface area contributed by atoms with E-state index < -0.39 is 34.6 Å². The molecule has 0 heterocycles. The number of hydrogen-bond acceptors (Lipinski definition) is 1. The zero-order valence-electron chi connectivity index (χ0n) is 8.25. The van der Waals surface area contributed by atoms with Gasteiger partial charge in [0.15, 0.2) is 29.1 Å². The van der Waals surface area contributed by atoms with Crippen molar-refractivity contribution in [3.8, 4) is 0 Å². The number of Topliss-reactive ketones (excluding diaryl/α,β-unsaturated/α-hetero) is 1. The SMILES string of the molecule is O=C1CCCCc2c(F)c(F)c(F)c(F)c21. The predicted molar refractivity (Wildman–Crippen MR) is 48.2 cm³/mol. The summed E-state index contributed by atoms with van der Waals surface area (Å²) >= 11 is 0. The molecule has 0 radical (unpaired) electrons. The van der Waals surface area contributed by atoms with Crippen LogP contribution in [0, 0.1) is 23.3 Å². The number of rotatable bonds is 0. The highest BCUT2D eigenvalue weighted by molar-refractivity contribution is 5.98. The number of benzene rings is 1. The lowest BCUT2D eigenvalue weighted by molar-refractivity contribution is 0.0976. The average Bonchev–Trinajstić information content (AvgIpc) is 2.45. The quantitative estimate of drug-likeness (QED) is 0.290. The van der Waals surface area contributed by atoms with Crippen molar-refractivity contribution < 1.29 is 22.4 Å². The van der Waals surface area contributed by atoms with Gasteiger partial charge in [-0.15, -0.1) is 0 Å². The zero-order valence-corrected chi connectivity index (χ0v) is 8.25. The van der Waals surface area contributed by atoms with E-state index in [9.17, 15) is 22.4 Å². The lowest BCUT2D eigenvalue weighted by Crippen LogP contribution is -2.11. The monoisotopic (exact) mass is 232 g/mol. The Labute approximate surface area is 89.1 Å². The molecule has 0 amide bonds. The van der Waals surface area contributed by atoms with E-state index in [1.165, 1.54) is 0 Å². The molecule has 86 valence electrons. The van der Waals surface area contributed by atoms with Crippen molar-refractivity contribution in [2.45, 2.75) is 25.7 Å². The van der Waals surface area contributed by atoms with Crippen LogP contribution in [0.1, 0.15) is 35.2 Å². The second kappa shape index (κ2) is 3.88. The van der Waals surface area contributed by atoms with E-state index >= 15 is 0 Å². The number of fused-ring (bicyclic) bond motifs is 1. The van der Waals surface area contributed by atoms with Gasteiger partial charge in [-0.1, -0.05) is 0 Å². The molecule has 0 unspecified atom stereocenters. The predicted octanol–water partition coefficient (Wildman–Crippen LogP) is 3.15. The minimum absolute atomic E-state index is 0.0361. The van der Waals surface area contributed by atoms with Crippen LogP contribution in [0.15, 0.2) is 0 Å². The third-order valence-corrected chi connectivity index (χ3v) is 2.72. The van der Waals surface area contributed by atoms with Crippen LogP contribution in [-0.4, -0.2) is 5.78 Å². The molecule has 0 fully saturated rings. The van der Waals surface area contributed by atoms with Gasteiger partial charge in [-0.2, -0.15) is 0 Å². The third kappa shape index (κ3) is 1.50. The Balaban J connectivity index is 2.76. The smallest absolute Gasteiger partial charge is 0.198 e. The van der Waals surface area contributed by atoms with Gasteiger partial charge < -0.3 is 0 Å². The minimum Gasteiger partial charge on any atom is -0.294 e. The lowest BCUT2D eigenvalue weighted by atomic mass is 10.00. The summed E-state index contributed by atoms with van der Waals surface area (Å²) in [6.07, 6.45) is 1.02. The van der Waals surface area contributed by atoms with Crippen LogP contribution in [-0.2, 0) is 6.42 Å². The van der Waals surface area contributed by atoms with Crippen molar-refractivity contribution in [3.05, 3.63) is 34.4 Å². The van der Waals surface area contributed by atoms with Crippen molar-refractivity contribution in [1.29, 1.82) is 0 Å². The fraction of sp³-hybridized carbons (Fsp3) is 0.364. The molecule has 1 aromatic carbocycles. The number of ketones is 1. The zero-order chi connectivity index (χ0) is 11.9. The highest BCUT2D eigenvalue weighted by Gasteiger charge is 2.29. The Hall–Kier alpha value is -1.39. The van der Waals surface area contributed by atoms with Gasteiger partial charge in [-0.25, -0.2) is 17.6 Å². The van der Waals surface area contributed by atoms with Crippen molar-refractivity contribution >= 4 is 5.78 Å². The first-order chi connectivity index (χ1) is 7.54. The number of halogens is 4. The molecule has 2 rings (SSSR count). The summed E-state index contributed by atoms with van der Waals surface area (Å²) in [4.78, 5) is 11.4. The standard InChI is InChI=1S/C11H8F4O/c12-8-5-3-1-2-4-6(16)7(5)9(13)11(15)10(8)14/h1-4H2. The van der Waals surface area contributed by atoms with Gasteiger partial charge in [0.25, 0.3) is 0 Å². The molecule has 16 heavy (non-hydrogen) atoms. The highest BCUT2D eigenvalue weighted by Crippen LogP contribution is 2.29. The molecule has 0 spiro atoms. The van der Waals surface area contributed by atoms with Gasteiger partial charge in [0.2, 0.25) is 0 Å². The molecule has 1 nitrogen and oxygen atoms in total. The highest BCUT2D eigenvalue weighted by atomic mass is 19.2. The number of carbonyl (C=O) groups is 1. The second-order valence-electron chi connectivity index (χ2n) is 3.74. The van der Waals surface area contributed by atoms with Crippen molar-refractivity contribution in [2.75, 3.05) is 0 Å². The summed E-state index contributed by atoms with van der Waals surface area (Å²) in [5.74, 6) is -7.43. The summed E-state index contributed by atoms with van der Waals surface area (Å²) in [6, 6.07) is 0. The summed E-state index contributed by atoms with van der Waals surface area (Å²) in [5.41, 5.74) is -0.951. The fourth-order valence-corrected chi connectivity index (χ4v) is 1.91. The fourth-order valence-electron chi connectivity index (χ4n) is 1.91. The molecule has 0 aliphatic heterocycles. The van der Waals surface area contributed by atoms with Gasteiger partial charge in [0, 0.05) is 12.0 Å². The molecule has 0 bridgehead atoms. The minimum atomic E-state index is -1.91. The summed E-state index contributed by atoms with van der Waals surface area (Å²) < 4.78 is 52.6. The van der Waals surface area contributed by atoms with Gasteiger partial charge >= 0.3 is 0 Å². The topological polar surface area (TPSA) is 17.1 Å². The van der Waals surface area contributed by atoms with Gasteiger partial charge in [0.05, 0.1) is 5.56 Å². The first-order valence-corrected chi connectivity index (χ1v) is 4.92. The van der Waals surface area contributed by atoms with Crippen LogP contribution < -0.4 is 0 Å². The van der Waals surface area contributed by atoms with Gasteiger partial charge in [0.1, 0.15) is 0 Å². The van der Waals surface area contributed by atoms with Crippen LogP contribution >= 0.6 is 0 Å². The third-order valence-electron chi connectivity index (χ3n) is 2.72. The maximum atomic E-state index is 13.4. The first kappa shape index (κ1) is 11.1. The summed E-state index contributed by atoms with van der Waals surface area (Å²) in [6.45, 7) is 0. The Morgan fingerprint density at radius 3 is 2.00 bits per heavy atom. The van der Waals surface area contributed by atoms with E-state index in [-0.39, 0.29) is 18.4 Å². The Morgan fingerprint density at radius 1 is 0.750 bits per heavy atom. The largest absolute Gasteiger partial charge is 0.294 e. The number of hydrogen-bond donors (Lipinski definition) is 0. The molecule has 1 aliphatic rings. The molecule has 0 saturated heterocycles. The summed E-state index contributed by atoms with van der Waals surface area (Å²) in [7, 11) is 0. The molecular weight excluding hydrogens is 224 g/mol. The normalized spacial score (nSPS) is 15.9. The Kier molecular flexibility index (Phi) is 2.69. The molecule has 1 aliphatic carbocycles. The second-order valence-corrected chi connectivity index (χ2v) is 3.74. The molecule has 0 atom stereocenters. The number of carbonyl (C=O) groups excluding carboxylic acids is 1. The van der Waals surface area contributed by atoms with Crippen molar-refractivity contribution in [1.82, 2.24) is 0 Å². The lowest BCUT2D eigenvalue weighted by Gasteiger charge is -2.09. The molecule has 1 aromatic rings. The van der Waals surface area contributed by atoms with E-state index in [1.807, 2.05) is 0 Å². The van der Waals surface area contributed by atoms with Gasteiger partial charge in [-0.05, 0) is 19.3 Å². The van der Waals surface area contributed by atoms with Crippen LogP contribution in [0.5, 0.6) is 0 Å². The van der Waals surface area contributed by atoms with Crippen LogP contribution in [0.4, 0.5) is 17.6 Å². The Bertz CT molecular complexity index is 468. The van der Waals surface area contributed by atoms with E-state index in [2.05, 4.69) is 0 Å².